The van der Waals surface area contributed by atoms with Gasteiger partial charge >= 0.3 is 0 Å². The molecule has 2 nitrogen and oxygen atoms in total. The third-order valence-corrected chi connectivity index (χ3v) is 3.38. The molecule has 0 aromatic carbocycles. The smallest absolute Gasteiger partial charge is 0.0640 e. The monoisotopic (exact) mass is 212 g/mol. The van der Waals surface area contributed by atoms with Gasteiger partial charge in [-0.15, -0.1) is 11.6 Å². The molecule has 1 heterocycles. The second-order valence-electron chi connectivity index (χ2n) is 4.24. The van der Waals surface area contributed by atoms with Gasteiger partial charge in [0.1, 0.15) is 0 Å². The van der Waals surface area contributed by atoms with Crippen LogP contribution in [0.25, 0.3) is 0 Å². The van der Waals surface area contributed by atoms with Gasteiger partial charge in [0.05, 0.1) is 11.6 Å². The molecular formula is C11H17ClN2. The second-order valence-corrected chi connectivity index (χ2v) is 4.51. The first kappa shape index (κ1) is 10.0. The van der Waals surface area contributed by atoms with Crippen LogP contribution in [0, 0.1) is 19.8 Å². The van der Waals surface area contributed by atoms with Gasteiger partial charge in [0.25, 0.3) is 0 Å². The van der Waals surface area contributed by atoms with Crippen LogP contribution in [0.1, 0.15) is 36.2 Å². The molecule has 1 aliphatic carbocycles. The highest BCUT2D eigenvalue weighted by atomic mass is 35.5. The Labute approximate surface area is 90.3 Å². The minimum absolute atomic E-state index is 0.584. The number of alkyl halides is 1. The van der Waals surface area contributed by atoms with Gasteiger partial charge in [0, 0.05) is 17.8 Å². The summed E-state index contributed by atoms with van der Waals surface area (Å²) in [4.78, 5) is 0. The number of nitrogens with zero attached hydrogens (tertiary/aromatic N) is 2. The van der Waals surface area contributed by atoms with E-state index in [0.29, 0.717) is 5.88 Å². The van der Waals surface area contributed by atoms with Crippen LogP contribution in [0.2, 0.25) is 0 Å². The van der Waals surface area contributed by atoms with E-state index in [9.17, 15) is 0 Å². The molecule has 2 rings (SSSR count). The van der Waals surface area contributed by atoms with Gasteiger partial charge in [-0.25, -0.2) is 0 Å². The maximum atomic E-state index is 5.87. The molecule has 0 spiro atoms. The van der Waals surface area contributed by atoms with Gasteiger partial charge in [-0.3, -0.25) is 4.68 Å². The summed E-state index contributed by atoms with van der Waals surface area (Å²) in [6.45, 7) is 5.22. The SMILES string of the molecule is Cc1nn(CCC2CC2)c(C)c1CCl. The predicted octanol–water partition coefficient (Wildman–Crippen LogP) is 3.04. The molecule has 0 saturated heterocycles. The van der Waals surface area contributed by atoms with E-state index in [-0.39, 0.29) is 0 Å². The fraction of sp³-hybridized carbons (Fsp3) is 0.727. The molecule has 1 fully saturated rings. The van der Waals surface area contributed by atoms with Crippen molar-refractivity contribution in [3.8, 4) is 0 Å². The molecule has 1 aliphatic rings. The number of aromatic nitrogens is 2. The van der Waals surface area contributed by atoms with E-state index in [1.807, 2.05) is 6.92 Å². The highest BCUT2D eigenvalue weighted by molar-refractivity contribution is 6.17. The quantitative estimate of drug-likeness (QED) is 0.702. The molecule has 3 heteroatoms. The molecule has 0 radical (unpaired) electrons. The minimum Gasteiger partial charge on any atom is -0.269 e. The fourth-order valence-corrected chi connectivity index (χ4v) is 2.24. The summed E-state index contributed by atoms with van der Waals surface area (Å²) in [6.07, 6.45) is 4.12. The highest BCUT2D eigenvalue weighted by Crippen LogP contribution is 2.33. The number of aryl methyl sites for hydroxylation is 2. The Hall–Kier alpha value is -0.500. The first-order valence-corrected chi connectivity index (χ1v) is 5.84. The molecule has 0 atom stereocenters. The van der Waals surface area contributed by atoms with Crippen LogP contribution >= 0.6 is 11.6 Å². The largest absolute Gasteiger partial charge is 0.269 e. The lowest BCUT2D eigenvalue weighted by Gasteiger charge is -2.03. The standard InChI is InChI=1S/C11H17ClN2/c1-8-11(7-12)9(2)14(13-8)6-5-10-3-4-10/h10H,3-7H2,1-2H3. The lowest BCUT2D eigenvalue weighted by atomic mass is 10.2. The van der Waals surface area contributed by atoms with Gasteiger partial charge < -0.3 is 0 Å². The molecule has 78 valence electrons. The van der Waals surface area contributed by atoms with Gasteiger partial charge in [0.15, 0.2) is 0 Å². The van der Waals surface area contributed by atoms with E-state index in [1.165, 1.54) is 30.5 Å². The summed E-state index contributed by atoms with van der Waals surface area (Å²) in [5.74, 6) is 1.56. The Balaban J connectivity index is 2.07. The third kappa shape index (κ3) is 1.95. The molecule has 0 bridgehead atoms. The van der Waals surface area contributed by atoms with Crippen molar-refractivity contribution in [1.82, 2.24) is 9.78 Å². The number of hydrogen-bond donors (Lipinski definition) is 0. The van der Waals surface area contributed by atoms with Crippen LogP contribution in [-0.2, 0) is 12.4 Å². The van der Waals surface area contributed by atoms with Gasteiger partial charge in [-0.1, -0.05) is 12.8 Å². The van der Waals surface area contributed by atoms with Gasteiger partial charge in [0.2, 0.25) is 0 Å². The summed E-state index contributed by atoms with van der Waals surface area (Å²) in [5.41, 5.74) is 3.55. The van der Waals surface area contributed by atoms with E-state index in [1.54, 1.807) is 0 Å². The number of hydrogen-bond acceptors (Lipinski definition) is 1. The Morgan fingerprint density at radius 1 is 1.43 bits per heavy atom. The van der Waals surface area contributed by atoms with Crippen molar-refractivity contribution in [2.24, 2.45) is 5.92 Å². The number of rotatable bonds is 4. The molecule has 1 saturated carbocycles. The summed E-state index contributed by atoms with van der Waals surface area (Å²) < 4.78 is 2.12. The molecule has 0 aliphatic heterocycles. The molecule has 0 unspecified atom stereocenters. The minimum atomic E-state index is 0.584. The normalized spacial score (nSPS) is 16.2. The Morgan fingerprint density at radius 2 is 2.14 bits per heavy atom. The van der Waals surface area contributed by atoms with Crippen LogP contribution in [0.5, 0.6) is 0 Å². The van der Waals surface area contributed by atoms with Crippen molar-refractivity contribution >= 4 is 11.6 Å². The van der Waals surface area contributed by atoms with E-state index >= 15 is 0 Å². The van der Waals surface area contributed by atoms with Crippen LogP contribution in [0.4, 0.5) is 0 Å². The summed E-state index contributed by atoms with van der Waals surface area (Å²) in [7, 11) is 0. The average Bonchev–Trinajstić information content (AvgIpc) is 2.92. The van der Waals surface area contributed by atoms with Crippen molar-refractivity contribution in [1.29, 1.82) is 0 Å². The lowest BCUT2D eigenvalue weighted by molar-refractivity contribution is 0.533. The van der Waals surface area contributed by atoms with Crippen molar-refractivity contribution in [2.75, 3.05) is 0 Å². The van der Waals surface area contributed by atoms with Crippen molar-refractivity contribution < 1.29 is 0 Å². The molecule has 0 N–H and O–H groups in total. The maximum Gasteiger partial charge on any atom is 0.0640 e. The third-order valence-electron chi connectivity index (χ3n) is 3.11. The molecule has 14 heavy (non-hydrogen) atoms. The maximum absolute atomic E-state index is 5.87. The Morgan fingerprint density at radius 3 is 2.64 bits per heavy atom. The van der Waals surface area contributed by atoms with Crippen LogP contribution in [-0.4, -0.2) is 9.78 Å². The van der Waals surface area contributed by atoms with Crippen LogP contribution in [0.3, 0.4) is 0 Å². The molecule has 1 aromatic rings. The van der Waals surface area contributed by atoms with Crippen molar-refractivity contribution in [2.45, 2.75) is 45.5 Å². The van der Waals surface area contributed by atoms with Gasteiger partial charge in [-0.05, 0) is 26.2 Å². The topological polar surface area (TPSA) is 17.8 Å². The average molecular weight is 213 g/mol. The number of halogens is 1. The highest BCUT2D eigenvalue weighted by Gasteiger charge is 2.21. The summed E-state index contributed by atoms with van der Waals surface area (Å²) in [5, 5.41) is 4.51. The summed E-state index contributed by atoms with van der Waals surface area (Å²) >= 11 is 5.87. The Kier molecular flexibility index (Phi) is 2.82. The fourth-order valence-electron chi connectivity index (χ4n) is 1.86. The summed E-state index contributed by atoms with van der Waals surface area (Å²) in [6, 6.07) is 0. The van der Waals surface area contributed by atoms with Gasteiger partial charge in [-0.2, -0.15) is 5.10 Å². The first-order chi connectivity index (χ1) is 6.72. The van der Waals surface area contributed by atoms with E-state index in [4.69, 9.17) is 11.6 Å². The Bertz CT molecular complexity index is 326. The first-order valence-electron chi connectivity index (χ1n) is 5.31. The second kappa shape index (κ2) is 3.93. The molecular weight excluding hydrogens is 196 g/mol. The van der Waals surface area contributed by atoms with Crippen LogP contribution in [0.15, 0.2) is 0 Å². The zero-order chi connectivity index (χ0) is 10.1. The predicted molar refractivity (Wildman–Crippen MR) is 58.6 cm³/mol. The van der Waals surface area contributed by atoms with Crippen molar-refractivity contribution in [3.63, 3.8) is 0 Å². The lowest BCUT2D eigenvalue weighted by Crippen LogP contribution is -2.03. The molecule has 0 amide bonds. The van der Waals surface area contributed by atoms with E-state index < -0.39 is 0 Å². The van der Waals surface area contributed by atoms with Crippen molar-refractivity contribution in [3.05, 3.63) is 17.0 Å². The molecule has 1 aromatic heterocycles. The van der Waals surface area contributed by atoms with E-state index in [2.05, 4.69) is 16.7 Å². The zero-order valence-corrected chi connectivity index (χ0v) is 9.64. The van der Waals surface area contributed by atoms with Crippen LogP contribution < -0.4 is 0 Å². The van der Waals surface area contributed by atoms with E-state index in [0.717, 1.165) is 18.2 Å². The zero-order valence-electron chi connectivity index (χ0n) is 8.89.